The van der Waals surface area contributed by atoms with E-state index in [2.05, 4.69) is 15.6 Å². The van der Waals surface area contributed by atoms with E-state index in [1.807, 2.05) is 6.92 Å². The van der Waals surface area contributed by atoms with Crippen LogP contribution in [0.15, 0.2) is 24.5 Å². The lowest BCUT2D eigenvalue weighted by atomic mass is 10.2. The van der Waals surface area contributed by atoms with Crippen molar-refractivity contribution in [3.05, 3.63) is 30.1 Å². The number of rotatable bonds is 7. The zero-order valence-corrected chi connectivity index (χ0v) is 10.6. The van der Waals surface area contributed by atoms with Crippen LogP contribution in [0.5, 0.6) is 0 Å². The van der Waals surface area contributed by atoms with Crippen molar-refractivity contribution in [3.8, 4) is 0 Å². The van der Waals surface area contributed by atoms with Gasteiger partial charge < -0.3 is 10.6 Å². The van der Waals surface area contributed by atoms with E-state index in [4.69, 9.17) is 0 Å². The lowest BCUT2D eigenvalue weighted by molar-refractivity contribution is -0.121. The number of carbonyl (C=O) groups is 2. The van der Waals surface area contributed by atoms with Gasteiger partial charge in [0.25, 0.3) is 5.91 Å². The van der Waals surface area contributed by atoms with Crippen LogP contribution >= 0.6 is 0 Å². The number of aromatic nitrogens is 1. The summed E-state index contributed by atoms with van der Waals surface area (Å²) in [6.45, 7) is 2.93. The highest BCUT2D eigenvalue weighted by Crippen LogP contribution is 1.95. The van der Waals surface area contributed by atoms with E-state index >= 15 is 0 Å². The quantitative estimate of drug-likeness (QED) is 0.711. The summed E-state index contributed by atoms with van der Waals surface area (Å²) >= 11 is 0. The summed E-state index contributed by atoms with van der Waals surface area (Å²) in [4.78, 5) is 26.7. The van der Waals surface area contributed by atoms with Gasteiger partial charge in [-0.15, -0.1) is 0 Å². The lowest BCUT2D eigenvalue weighted by Crippen LogP contribution is -2.34. The number of hydrogen-bond acceptors (Lipinski definition) is 3. The molecule has 0 atom stereocenters. The molecule has 1 aromatic rings. The molecule has 18 heavy (non-hydrogen) atoms. The first-order valence-electron chi connectivity index (χ1n) is 6.19. The average molecular weight is 249 g/mol. The number of nitrogens with one attached hydrogen (secondary N) is 2. The van der Waals surface area contributed by atoms with Crippen molar-refractivity contribution in [3.63, 3.8) is 0 Å². The molecule has 2 N–H and O–H groups in total. The van der Waals surface area contributed by atoms with Crippen LogP contribution in [-0.2, 0) is 4.79 Å². The van der Waals surface area contributed by atoms with E-state index in [9.17, 15) is 9.59 Å². The summed E-state index contributed by atoms with van der Waals surface area (Å²) in [5.74, 6) is -0.116. The Bertz CT molecular complexity index is 379. The van der Waals surface area contributed by atoms with Crippen LogP contribution in [-0.4, -0.2) is 29.9 Å². The van der Waals surface area contributed by atoms with Crippen molar-refractivity contribution < 1.29 is 9.59 Å². The molecular formula is C13H19N3O2. The van der Waals surface area contributed by atoms with Crippen molar-refractivity contribution in [2.75, 3.05) is 13.1 Å². The maximum absolute atomic E-state index is 11.6. The normalized spacial score (nSPS) is 9.83. The van der Waals surface area contributed by atoms with Gasteiger partial charge in [-0.2, -0.15) is 0 Å². The van der Waals surface area contributed by atoms with E-state index in [0.29, 0.717) is 25.1 Å². The first kappa shape index (κ1) is 14.2. The van der Waals surface area contributed by atoms with Crippen molar-refractivity contribution in [2.45, 2.75) is 26.2 Å². The molecule has 0 unspecified atom stereocenters. The molecule has 0 saturated heterocycles. The predicted molar refractivity (Wildman–Crippen MR) is 69.1 cm³/mol. The Morgan fingerprint density at radius 3 is 2.50 bits per heavy atom. The summed E-state index contributed by atoms with van der Waals surface area (Å²) in [7, 11) is 0. The molecule has 0 saturated carbocycles. The summed E-state index contributed by atoms with van der Waals surface area (Å²) in [6, 6.07) is 3.30. The van der Waals surface area contributed by atoms with Crippen LogP contribution in [0.4, 0.5) is 0 Å². The molecule has 1 heterocycles. The molecule has 5 heteroatoms. The van der Waals surface area contributed by atoms with E-state index < -0.39 is 0 Å². The largest absolute Gasteiger partial charge is 0.354 e. The van der Waals surface area contributed by atoms with Crippen LogP contribution in [0.1, 0.15) is 36.5 Å². The van der Waals surface area contributed by atoms with Crippen molar-refractivity contribution in [1.82, 2.24) is 15.6 Å². The topological polar surface area (TPSA) is 71.1 Å². The van der Waals surface area contributed by atoms with Crippen LogP contribution in [0.2, 0.25) is 0 Å². The third-order valence-electron chi connectivity index (χ3n) is 2.43. The first-order valence-corrected chi connectivity index (χ1v) is 6.19. The van der Waals surface area contributed by atoms with Gasteiger partial charge in [0.15, 0.2) is 0 Å². The van der Waals surface area contributed by atoms with Gasteiger partial charge >= 0.3 is 0 Å². The fourth-order valence-electron chi connectivity index (χ4n) is 1.41. The second-order valence-electron chi connectivity index (χ2n) is 3.95. The SMILES string of the molecule is CCCCC(=O)NCCNC(=O)c1ccncc1. The van der Waals surface area contributed by atoms with Crippen LogP contribution in [0, 0.1) is 0 Å². The van der Waals surface area contributed by atoms with Gasteiger partial charge in [-0.1, -0.05) is 13.3 Å². The Hall–Kier alpha value is -1.91. The van der Waals surface area contributed by atoms with Crippen LogP contribution in [0.3, 0.4) is 0 Å². The molecule has 0 radical (unpaired) electrons. The molecule has 1 rings (SSSR count). The minimum absolute atomic E-state index is 0.0370. The molecule has 0 bridgehead atoms. The highest BCUT2D eigenvalue weighted by molar-refractivity contribution is 5.93. The van der Waals surface area contributed by atoms with Crippen molar-refractivity contribution >= 4 is 11.8 Å². The minimum atomic E-state index is -0.153. The van der Waals surface area contributed by atoms with Crippen LogP contribution < -0.4 is 10.6 Å². The zero-order valence-electron chi connectivity index (χ0n) is 10.6. The molecule has 1 aromatic heterocycles. The zero-order chi connectivity index (χ0) is 13.2. The molecule has 0 aliphatic rings. The molecule has 5 nitrogen and oxygen atoms in total. The second kappa shape index (κ2) is 8.22. The van der Waals surface area contributed by atoms with E-state index in [1.165, 1.54) is 0 Å². The third-order valence-corrected chi connectivity index (χ3v) is 2.43. The highest BCUT2D eigenvalue weighted by atomic mass is 16.2. The van der Waals surface area contributed by atoms with Gasteiger partial charge in [0.1, 0.15) is 0 Å². The smallest absolute Gasteiger partial charge is 0.251 e. The van der Waals surface area contributed by atoms with Gasteiger partial charge in [0.2, 0.25) is 5.91 Å². The maximum Gasteiger partial charge on any atom is 0.251 e. The predicted octanol–water partition coefficient (Wildman–Crippen LogP) is 1.12. The Morgan fingerprint density at radius 1 is 1.17 bits per heavy atom. The summed E-state index contributed by atoms with van der Waals surface area (Å²) < 4.78 is 0. The van der Waals surface area contributed by atoms with Crippen molar-refractivity contribution in [1.29, 1.82) is 0 Å². The third kappa shape index (κ3) is 5.43. The van der Waals surface area contributed by atoms with Crippen molar-refractivity contribution in [2.24, 2.45) is 0 Å². The molecule has 98 valence electrons. The molecule has 2 amide bonds. The van der Waals surface area contributed by atoms with Gasteiger partial charge in [0.05, 0.1) is 0 Å². The number of pyridine rings is 1. The maximum atomic E-state index is 11.6. The lowest BCUT2D eigenvalue weighted by Gasteiger charge is -2.06. The monoisotopic (exact) mass is 249 g/mol. The van der Waals surface area contributed by atoms with Gasteiger partial charge in [-0.05, 0) is 18.6 Å². The molecule has 0 aliphatic heterocycles. The number of carbonyl (C=O) groups excluding carboxylic acids is 2. The van der Waals surface area contributed by atoms with Crippen LogP contribution in [0.25, 0.3) is 0 Å². The molecule has 0 aliphatic carbocycles. The fourth-order valence-corrected chi connectivity index (χ4v) is 1.41. The number of nitrogens with zero attached hydrogens (tertiary/aromatic N) is 1. The summed E-state index contributed by atoms with van der Waals surface area (Å²) in [6.07, 6.45) is 5.60. The summed E-state index contributed by atoms with van der Waals surface area (Å²) in [5, 5.41) is 5.49. The molecule has 0 aromatic carbocycles. The number of hydrogen-bond donors (Lipinski definition) is 2. The average Bonchev–Trinajstić information content (AvgIpc) is 2.42. The fraction of sp³-hybridized carbons (Fsp3) is 0.462. The number of amides is 2. The van der Waals surface area contributed by atoms with Gasteiger partial charge in [-0.3, -0.25) is 14.6 Å². The Labute approximate surface area is 107 Å². The molecule has 0 fully saturated rings. The highest BCUT2D eigenvalue weighted by Gasteiger charge is 2.04. The van der Waals surface area contributed by atoms with Gasteiger partial charge in [-0.25, -0.2) is 0 Å². The second-order valence-corrected chi connectivity index (χ2v) is 3.95. The Balaban J connectivity index is 2.15. The van der Waals surface area contributed by atoms with E-state index in [-0.39, 0.29) is 11.8 Å². The standard InChI is InChI=1S/C13H19N3O2/c1-2-3-4-12(17)15-9-10-16-13(18)11-5-7-14-8-6-11/h5-8H,2-4,9-10H2,1H3,(H,15,17)(H,16,18). The van der Waals surface area contributed by atoms with Gasteiger partial charge in [0, 0.05) is 37.5 Å². The van der Waals surface area contributed by atoms with E-state index in [1.54, 1.807) is 24.5 Å². The summed E-state index contributed by atoms with van der Waals surface area (Å²) in [5.41, 5.74) is 0.572. The number of unbranched alkanes of at least 4 members (excludes halogenated alkanes) is 1. The Kier molecular flexibility index (Phi) is 6.46. The first-order chi connectivity index (χ1) is 8.74. The minimum Gasteiger partial charge on any atom is -0.354 e. The molecule has 0 spiro atoms. The van der Waals surface area contributed by atoms with E-state index in [0.717, 1.165) is 12.8 Å². The molecular weight excluding hydrogens is 230 g/mol. The Morgan fingerprint density at radius 2 is 1.83 bits per heavy atom.